The fraction of sp³-hybridized carbons (Fsp3) is 0.571. The van der Waals surface area contributed by atoms with Crippen molar-refractivity contribution < 1.29 is 23.0 Å². The van der Waals surface area contributed by atoms with Gasteiger partial charge in [0.2, 0.25) is 0 Å². The molecule has 0 aromatic heterocycles. The van der Waals surface area contributed by atoms with Crippen LogP contribution in [0, 0.1) is 5.41 Å². The van der Waals surface area contributed by atoms with Gasteiger partial charge in [-0.2, -0.15) is 13.2 Å². The number of hydrogen-bond donors (Lipinski definition) is 1. The van der Waals surface area contributed by atoms with Gasteiger partial charge >= 0.3 is 6.18 Å². The number of halogens is 3. The molecule has 0 aliphatic heterocycles. The minimum atomic E-state index is -4.43. The van der Waals surface area contributed by atoms with Crippen LogP contribution in [0.1, 0.15) is 32.3 Å². The van der Waals surface area contributed by atoms with Crippen molar-refractivity contribution in [2.45, 2.75) is 45.1 Å². The smallest absolute Gasteiger partial charge is 0.419 e. The van der Waals surface area contributed by atoms with Crippen molar-refractivity contribution in [1.29, 1.82) is 0 Å². The zero-order valence-electron chi connectivity index (χ0n) is 10.9. The second-order valence-electron chi connectivity index (χ2n) is 5.21. The van der Waals surface area contributed by atoms with Crippen molar-refractivity contribution in [2.75, 3.05) is 0 Å². The van der Waals surface area contributed by atoms with E-state index < -0.39 is 23.3 Å². The molecule has 3 unspecified atom stereocenters. The molecule has 19 heavy (non-hydrogen) atoms. The Bertz CT molecular complexity index is 458. The summed E-state index contributed by atoms with van der Waals surface area (Å²) in [4.78, 5) is 0. The quantitative estimate of drug-likeness (QED) is 0.912. The van der Waals surface area contributed by atoms with Crippen LogP contribution in [-0.2, 0) is 6.18 Å². The van der Waals surface area contributed by atoms with Gasteiger partial charge in [-0.15, -0.1) is 0 Å². The van der Waals surface area contributed by atoms with E-state index in [1.165, 1.54) is 18.2 Å². The summed E-state index contributed by atoms with van der Waals surface area (Å²) in [6.45, 7) is 3.73. The number of hydrogen-bond acceptors (Lipinski definition) is 2. The molecule has 1 saturated carbocycles. The first-order chi connectivity index (χ1) is 8.79. The molecule has 5 heteroatoms. The van der Waals surface area contributed by atoms with Crippen LogP contribution < -0.4 is 4.74 Å². The molecule has 0 heterocycles. The summed E-state index contributed by atoms with van der Waals surface area (Å²) in [7, 11) is 0. The van der Waals surface area contributed by atoms with Gasteiger partial charge < -0.3 is 9.84 Å². The average Bonchev–Trinajstić information content (AvgIpc) is 2.36. The van der Waals surface area contributed by atoms with Crippen LogP contribution in [0.4, 0.5) is 13.2 Å². The van der Waals surface area contributed by atoms with E-state index in [-0.39, 0.29) is 11.9 Å². The van der Waals surface area contributed by atoms with Crippen LogP contribution in [0.25, 0.3) is 0 Å². The lowest BCUT2D eigenvalue weighted by Crippen LogP contribution is -2.57. The van der Waals surface area contributed by atoms with E-state index in [4.69, 9.17) is 4.74 Å². The van der Waals surface area contributed by atoms with Crippen LogP contribution in [0.2, 0.25) is 0 Å². The Kier molecular flexibility index (Phi) is 3.51. The van der Waals surface area contributed by atoms with Crippen molar-refractivity contribution in [2.24, 2.45) is 5.41 Å². The molecule has 106 valence electrons. The highest BCUT2D eigenvalue weighted by Crippen LogP contribution is 2.47. The maximum atomic E-state index is 12.8. The van der Waals surface area contributed by atoms with Crippen LogP contribution >= 0.6 is 0 Å². The van der Waals surface area contributed by atoms with E-state index >= 15 is 0 Å². The highest BCUT2D eigenvalue weighted by Gasteiger charge is 2.52. The average molecular weight is 274 g/mol. The minimum Gasteiger partial charge on any atom is -0.489 e. The Morgan fingerprint density at radius 2 is 2.00 bits per heavy atom. The van der Waals surface area contributed by atoms with Crippen molar-refractivity contribution in [3.8, 4) is 5.75 Å². The van der Waals surface area contributed by atoms with Crippen molar-refractivity contribution in [3.63, 3.8) is 0 Å². The summed E-state index contributed by atoms with van der Waals surface area (Å²) in [5, 5.41) is 9.74. The van der Waals surface area contributed by atoms with E-state index in [1.807, 2.05) is 13.8 Å². The molecule has 1 aromatic rings. The molecule has 3 atom stereocenters. The van der Waals surface area contributed by atoms with E-state index in [2.05, 4.69) is 0 Å². The number of aliphatic hydroxyl groups is 1. The monoisotopic (exact) mass is 274 g/mol. The summed E-state index contributed by atoms with van der Waals surface area (Å²) < 4.78 is 44.0. The predicted octanol–water partition coefficient (Wildman–Crippen LogP) is 3.63. The Morgan fingerprint density at radius 3 is 2.53 bits per heavy atom. The standard InChI is InChI=1S/C14H17F3O2/c1-3-13(2)11(18)8-12(13)19-10-7-5-4-6-9(10)14(15,16)17/h4-7,11-12,18H,3,8H2,1-2H3. The van der Waals surface area contributed by atoms with E-state index in [0.717, 1.165) is 6.07 Å². The molecule has 1 aromatic carbocycles. The van der Waals surface area contributed by atoms with E-state index in [1.54, 1.807) is 0 Å². The molecule has 2 rings (SSSR count). The maximum Gasteiger partial charge on any atom is 0.419 e. The Hall–Kier alpha value is -1.23. The molecule has 1 aliphatic rings. The van der Waals surface area contributed by atoms with E-state index in [9.17, 15) is 18.3 Å². The van der Waals surface area contributed by atoms with Gasteiger partial charge in [0.25, 0.3) is 0 Å². The topological polar surface area (TPSA) is 29.5 Å². The Morgan fingerprint density at radius 1 is 1.37 bits per heavy atom. The first kappa shape index (κ1) is 14.2. The van der Waals surface area contributed by atoms with Gasteiger partial charge in [-0.05, 0) is 18.6 Å². The van der Waals surface area contributed by atoms with Crippen LogP contribution in [-0.4, -0.2) is 17.3 Å². The first-order valence-corrected chi connectivity index (χ1v) is 6.30. The second-order valence-corrected chi connectivity index (χ2v) is 5.21. The summed E-state index contributed by atoms with van der Waals surface area (Å²) in [5.74, 6) is -0.161. The number of alkyl halides is 3. The highest BCUT2D eigenvalue weighted by atomic mass is 19.4. The molecule has 0 bridgehead atoms. The van der Waals surface area contributed by atoms with Crippen molar-refractivity contribution in [3.05, 3.63) is 29.8 Å². The third-order valence-electron chi connectivity index (χ3n) is 4.16. The lowest BCUT2D eigenvalue weighted by Gasteiger charge is -2.50. The van der Waals surface area contributed by atoms with Crippen LogP contribution in [0.15, 0.2) is 24.3 Å². The van der Waals surface area contributed by atoms with Gasteiger partial charge in [0.1, 0.15) is 11.9 Å². The number of rotatable bonds is 3. The first-order valence-electron chi connectivity index (χ1n) is 6.30. The lowest BCUT2D eigenvalue weighted by molar-refractivity contribution is -0.156. The predicted molar refractivity (Wildman–Crippen MR) is 64.9 cm³/mol. The number of benzene rings is 1. The molecular weight excluding hydrogens is 257 g/mol. The summed E-state index contributed by atoms with van der Waals surface area (Å²) in [6, 6.07) is 5.19. The van der Waals surface area contributed by atoms with Gasteiger partial charge in [0.15, 0.2) is 0 Å². The maximum absolute atomic E-state index is 12.8. The SMILES string of the molecule is CCC1(C)C(O)CC1Oc1ccccc1C(F)(F)F. The Labute approximate surface area is 110 Å². The van der Waals surface area contributed by atoms with Crippen molar-refractivity contribution in [1.82, 2.24) is 0 Å². The summed E-state index contributed by atoms with van der Waals surface area (Å²) in [5.41, 5.74) is -1.24. The molecule has 1 N–H and O–H groups in total. The molecule has 2 nitrogen and oxygen atoms in total. The molecule has 0 saturated heterocycles. The summed E-state index contributed by atoms with van der Waals surface area (Å²) >= 11 is 0. The third kappa shape index (κ3) is 2.43. The largest absolute Gasteiger partial charge is 0.489 e. The normalized spacial score (nSPS) is 30.8. The third-order valence-corrected chi connectivity index (χ3v) is 4.16. The van der Waals surface area contributed by atoms with E-state index in [0.29, 0.717) is 12.8 Å². The highest BCUT2D eigenvalue weighted by molar-refractivity contribution is 5.36. The van der Waals surface area contributed by atoms with Crippen molar-refractivity contribution >= 4 is 0 Å². The molecule has 1 fully saturated rings. The molecule has 0 radical (unpaired) electrons. The lowest BCUT2D eigenvalue weighted by atomic mass is 9.63. The van der Waals surface area contributed by atoms with Gasteiger partial charge in [-0.1, -0.05) is 26.0 Å². The molecule has 0 spiro atoms. The zero-order chi connectivity index (χ0) is 14.3. The van der Waals surface area contributed by atoms with Gasteiger partial charge in [-0.3, -0.25) is 0 Å². The Balaban J connectivity index is 2.22. The second kappa shape index (κ2) is 4.71. The fourth-order valence-electron chi connectivity index (χ4n) is 2.40. The van der Waals surface area contributed by atoms with Crippen LogP contribution in [0.3, 0.4) is 0 Å². The van der Waals surface area contributed by atoms with Gasteiger partial charge in [0.05, 0.1) is 11.7 Å². The molecule has 1 aliphatic carbocycles. The number of para-hydroxylation sites is 1. The summed E-state index contributed by atoms with van der Waals surface area (Å²) in [6.07, 6.45) is -4.29. The number of aliphatic hydroxyl groups excluding tert-OH is 1. The molecule has 0 amide bonds. The van der Waals surface area contributed by atoms with Gasteiger partial charge in [-0.25, -0.2) is 0 Å². The van der Waals surface area contributed by atoms with Crippen LogP contribution in [0.5, 0.6) is 5.75 Å². The zero-order valence-corrected chi connectivity index (χ0v) is 10.9. The minimum absolute atomic E-state index is 0.161. The molecular formula is C14H17F3O2. The van der Waals surface area contributed by atoms with Gasteiger partial charge in [0, 0.05) is 11.8 Å². The number of ether oxygens (including phenoxy) is 1. The fourth-order valence-corrected chi connectivity index (χ4v) is 2.40.